The molecule has 3 rings (SSSR count). The molecule has 11 nitrogen and oxygen atoms in total. The van der Waals surface area contributed by atoms with Crippen LogP contribution in [0, 0.1) is 0 Å². The number of carbonyl (C=O) groups is 1. The van der Waals surface area contributed by atoms with Gasteiger partial charge in [-0.15, -0.1) is 0 Å². The molecule has 1 fully saturated rings. The van der Waals surface area contributed by atoms with Crippen LogP contribution in [0.1, 0.15) is 15.9 Å². The number of aromatic nitrogens is 1. The molecule has 0 unspecified atom stereocenters. The van der Waals surface area contributed by atoms with Crippen molar-refractivity contribution in [2.75, 3.05) is 52.8 Å². The van der Waals surface area contributed by atoms with E-state index >= 15 is 0 Å². The molecular weight excluding hydrogens is 472 g/mol. The number of hydrogen-bond donors (Lipinski definition) is 1. The van der Waals surface area contributed by atoms with Crippen molar-refractivity contribution in [1.82, 2.24) is 13.6 Å². The van der Waals surface area contributed by atoms with Crippen molar-refractivity contribution >= 4 is 31.8 Å². The largest absolute Gasteiger partial charge is 0.465 e. The number of esters is 1. The van der Waals surface area contributed by atoms with Crippen molar-refractivity contribution in [1.29, 1.82) is 0 Å². The smallest absolute Gasteiger partial charge is 0.339 e. The van der Waals surface area contributed by atoms with E-state index in [0.29, 0.717) is 5.56 Å². The minimum Gasteiger partial charge on any atom is -0.465 e. The number of nitrogens with zero attached hydrogens (tertiary/aromatic N) is 3. The average molecular weight is 499 g/mol. The summed E-state index contributed by atoms with van der Waals surface area (Å²) in [7, 11) is -3.69. The predicted molar refractivity (Wildman–Crippen MR) is 120 cm³/mol. The summed E-state index contributed by atoms with van der Waals surface area (Å²) >= 11 is 0. The van der Waals surface area contributed by atoms with Gasteiger partial charge in [0.05, 0.1) is 30.8 Å². The summed E-state index contributed by atoms with van der Waals surface area (Å²) < 4.78 is 64.3. The van der Waals surface area contributed by atoms with Crippen LogP contribution in [0.2, 0.25) is 0 Å². The van der Waals surface area contributed by atoms with Crippen LogP contribution in [0.25, 0.3) is 0 Å². The number of benzene rings is 1. The topological polar surface area (TPSA) is 135 Å². The maximum absolute atomic E-state index is 13.3. The Bertz CT molecular complexity index is 1220. The lowest BCUT2D eigenvalue weighted by atomic mass is 10.2. The van der Waals surface area contributed by atoms with Crippen molar-refractivity contribution < 1.29 is 31.1 Å². The minimum absolute atomic E-state index is 0.00815. The molecule has 1 aromatic heterocycles. The van der Waals surface area contributed by atoms with Gasteiger partial charge in [-0.05, 0) is 17.7 Å². The Balaban J connectivity index is 2.00. The first-order valence-electron chi connectivity index (χ1n) is 9.99. The number of sulfonamides is 2. The zero-order chi connectivity index (χ0) is 24.2. The molecule has 0 atom stereocenters. The minimum atomic E-state index is -4.02. The fourth-order valence-electron chi connectivity index (χ4n) is 3.21. The number of anilines is 1. The highest BCUT2D eigenvalue weighted by molar-refractivity contribution is 7.89. The first-order chi connectivity index (χ1) is 15.6. The second-order valence-electron chi connectivity index (χ2n) is 7.33. The second kappa shape index (κ2) is 10.1. The highest BCUT2D eigenvalue weighted by Crippen LogP contribution is 2.27. The molecule has 0 radical (unpaired) electrons. The molecule has 2 aromatic rings. The molecule has 1 aromatic carbocycles. The van der Waals surface area contributed by atoms with Gasteiger partial charge in [0.15, 0.2) is 0 Å². The maximum Gasteiger partial charge on any atom is 0.339 e. The lowest BCUT2D eigenvalue weighted by Gasteiger charge is -2.27. The predicted octanol–water partition coefficient (Wildman–Crippen LogP) is 0.752. The number of rotatable bonds is 8. The van der Waals surface area contributed by atoms with E-state index in [1.54, 1.807) is 18.2 Å². The fraction of sp³-hybridized carbons (Fsp3) is 0.400. The Morgan fingerprint density at radius 3 is 2.45 bits per heavy atom. The molecule has 1 N–H and O–H groups in total. The summed E-state index contributed by atoms with van der Waals surface area (Å²) in [6.45, 7) is 0.811. The fourth-order valence-corrected chi connectivity index (χ4v) is 5.88. The van der Waals surface area contributed by atoms with Crippen LogP contribution in [-0.4, -0.2) is 83.9 Å². The second-order valence-corrected chi connectivity index (χ2v) is 11.4. The van der Waals surface area contributed by atoms with Crippen LogP contribution in [0.5, 0.6) is 0 Å². The van der Waals surface area contributed by atoms with Gasteiger partial charge in [0.2, 0.25) is 20.0 Å². The molecule has 0 amide bonds. The van der Waals surface area contributed by atoms with Crippen molar-refractivity contribution in [2.45, 2.75) is 16.3 Å². The van der Waals surface area contributed by atoms with E-state index in [-0.39, 0.29) is 54.0 Å². The summed E-state index contributed by atoms with van der Waals surface area (Å²) in [5, 5.41) is 2.93. The third-order valence-corrected chi connectivity index (χ3v) is 8.87. The normalized spacial score (nSPS) is 15.4. The maximum atomic E-state index is 13.3. The number of ether oxygens (including phenoxy) is 2. The molecular formula is C20H26N4O7S2. The van der Waals surface area contributed by atoms with Gasteiger partial charge in [-0.2, -0.15) is 4.31 Å². The molecule has 33 heavy (non-hydrogen) atoms. The zero-order valence-electron chi connectivity index (χ0n) is 18.5. The summed E-state index contributed by atoms with van der Waals surface area (Å²) in [6.07, 6.45) is 1.20. The average Bonchev–Trinajstić information content (AvgIpc) is 2.82. The van der Waals surface area contributed by atoms with Crippen LogP contribution in [0.15, 0.2) is 46.3 Å². The van der Waals surface area contributed by atoms with Gasteiger partial charge in [0.1, 0.15) is 10.7 Å². The number of carbonyl (C=O) groups excluding carboxylic acids is 1. The van der Waals surface area contributed by atoms with E-state index in [2.05, 4.69) is 10.3 Å². The molecule has 1 aliphatic rings. The van der Waals surface area contributed by atoms with E-state index in [1.165, 1.54) is 43.8 Å². The molecule has 0 saturated carbocycles. The molecule has 13 heteroatoms. The standard InChI is InChI=1S/C20H26N4O7S2/c1-23(2)32(26,27)17-7-5-4-6-15(17)13-21-19-18(12-16(14-22-19)20(25)30-3)33(28,29)24-8-10-31-11-9-24/h4-7,12,14H,8-11,13H2,1-3H3,(H,21,22). The molecule has 0 spiro atoms. The van der Waals surface area contributed by atoms with Gasteiger partial charge >= 0.3 is 5.97 Å². The molecule has 1 saturated heterocycles. The zero-order valence-corrected chi connectivity index (χ0v) is 20.1. The van der Waals surface area contributed by atoms with Crippen LogP contribution in [0.4, 0.5) is 5.82 Å². The number of hydrogen-bond acceptors (Lipinski definition) is 9. The summed E-state index contributed by atoms with van der Waals surface area (Å²) in [4.78, 5) is 16.0. The van der Waals surface area contributed by atoms with E-state index < -0.39 is 26.0 Å². The van der Waals surface area contributed by atoms with Crippen LogP contribution in [-0.2, 0) is 36.1 Å². The van der Waals surface area contributed by atoms with Gasteiger partial charge < -0.3 is 14.8 Å². The molecule has 0 aliphatic carbocycles. The summed E-state index contributed by atoms with van der Waals surface area (Å²) in [6, 6.07) is 7.60. The molecule has 0 bridgehead atoms. The van der Waals surface area contributed by atoms with Gasteiger partial charge in [0.25, 0.3) is 0 Å². The van der Waals surface area contributed by atoms with Gasteiger partial charge in [-0.3, -0.25) is 0 Å². The number of morpholine rings is 1. The number of methoxy groups -OCH3 is 1. The highest BCUT2D eigenvalue weighted by atomic mass is 32.2. The first kappa shape index (κ1) is 25.1. The van der Waals surface area contributed by atoms with Crippen molar-refractivity contribution in [3.8, 4) is 0 Å². The van der Waals surface area contributed by atoms with Crippen LogP contribution in [0.3, 0.4) is 0 Å². The quantitative estimate of drug-likeness (QED) is 0.523. The van der Waals surface area contributed by atoms with Crippen LogP contribution < -0.4 is 5.32 Å². The van der Waals surface area contributed by atoms with E-state index in [9.17, 15) is 21.6 Å². The lowest BCUT2D eigenvalue weighted by molar-refractivity contribution is 0.0599. The van der Waals surface area contributed by atoms with E-state index in [1.807, 2.05) is 0 Å². The molecule has 1 aliphatic heterocycles. The Kier molecular flexibility index (Phi) is 7.69. The van der Waals surface area contributed by atoms with Crippen LogP contribution >= 0.6 is 0 Å². The molecule has 180 valence electrons. The molecule has 2 heterocycles. The Morgan fingerprint density at radius 2 is 1.82 bits per heavy atom. The first-order valence-corrected chi connectivity index (χ1v) is 12.9. The lowest BCUT2D eigenvalue weighted by Crippen LogP contribution is -2.41. The Morgan fingerprint density at radius 1 is 1.15 bits per heavy atom. The summed E-state index contributed by atoms with van der Waals surface area (Å²) in [5.41, 5.74) is 0.408. The van der Waals surface area contributed by atoms with Crippen molar-refractivity contribution in [3.05, 3.63) is 47.7 Å². The highest BCUT2D eigenvalue weighted by Gasteiger charge is 2.31. The SMILES string of the molecule is COC(=O)c1cnc(NCc2ccccc2S(=O)(=O)N(C)C)c(S(=O)(=O)N2CCOCC2)c1. The van der Waals surface area contributed by atoms with E-state index in [4.69, 9.17) is 9.47 Å². The number of nitrogens with one attached hydrogen (secondary N) is 1. The third-order valence-electron chi connectivity index (χ3n) is 5.04. The summed E-state index contributed by atoms with van der Waals surface area (Å²) in [5.74, 6) is -0.735. The Hall–Kier alpha value is -2.58. The van der Waals surface area contributed by atoms with Gasteiger partial charge in [0, 0.05) is 39.9 Å². The monoisotopic (exact) mass is 498 g/mol. The third kappa shape index (κ3) is 5.33. The van der Waals surface area contributed by atoms with Crippen molar-refractivity contribution in [2.24, 2.45) is 0 Å². The number of pyridine rings is 1. The Labute approximate surface area is 193 Å². The van der Waals surface area contributed by atoms with Gasteiger partial charge in [-0.25, -0.2) is 30.9 Å². The van der Waals surface area contributed by atoms with Crippen molar-refractivity contribution in [3.63, 3.8) is 0 Å². The van der Waals surface area contributed by atoms with E-state index in [0.717, 1.165) is 4.31 Å². The van der Waals surface area contributed by atoms with Gasteiger partial charge in [-0.1, -0.05) is 18.2 Å².